The Morgan fingerprint density at radius 1 is 1.12 bits per heavy atom. The zero-order valence-electron chi connectivity index (χ0n) is 13.6. The van der Waals surface area contributed by atoms with Gasteiger partial charge in [0.15, 0.2) is 11.0 Å². The van der Waals surface area contributed by atoms with Gasteiger partial charge < -0.3 is 9.88 Å². The Hall–Kier alpha value is -2.60. The van der Waals surface area contributed by atoms with Gasteiger partial charge in [-0.1, -0.05) is 54.2 Å². The second-order valence-electron chi connectivity index (χ2n) is 5.40. The van der Waals surface area contributed by atoms with E-state index < -0.39 is 0 Å². The minimum atomic E-state index is -0.0933. The molecule has 0 spiro atoms. The number of benzene rings is 2. The third kappa shape index (κ3) is 3.83. The number of rotatable bonds is 5. The molecule has 0 aliphatic heterocycles. The summed E-state index contributed by atoms with van der Waals surface area (Å²) in [5.41, 5.74) is 2.92. The molecule has 0 bridgehead atoms. The quantitative estimate of drug-likeness (QED) is 0.720. The first-order valence-electron chi connectivity index (χ1n) is 7.57. The summed E-state index contributed by atoms with van der Waals surface area (Å²) in [7, 11) is 1.95. The van der Waals surface area contributed by atoms with Gasteiger partial charge >= 0.3 is 0 Å². The molecule has 0 aliphatic rings. The maximum atomic E-state index is 11.2. The molecule has 1 N–H and O–H groups in total. The Morgan fingerprint density at radius 2 is 1.92 bits per heavy atom. The number of anilines is 1. The first-order valence-corrected chi connectivity index (χ1v) is 8.56. The number of nitrogens with one attached hydrogen (secondary N) is 1. The molecule has 0 saturated heterocycles. The number of thioether (sulfide) groups is 1. The van der Waals surface area contributed by atoms with Crippen LogP contribution in [0.25, 0.3) is 11.4 Å². The zero-order valence-corrected chi connectivity index (χ0v) is 14.4. The maximum absolute atomic E-state index is 11.2. The smallest absolute Gasteiger partial charge is 0.221 e. The summed E-state index contributed by atoms with van der Waals surface area (Å²) in [6, 6.07) is 17.9. The first kappa shape index (κ1) is 16.3. The van der Waals surface area contributed by atoms with Gasteiger partial charge in [0, 0.05) is 31.0 Å². The lowest BCUT2D eigenvalue weighted by atomic mass is 10.2. The Labute approximate surface area is 145 Å². The van der Waals surface area contributed by atoms with E-state index in [2.05, 4.69) is 27.6 Å². The average Bonchev–Trinajstić information content (AvgIpc) is 2.94. The van der Waals surface area contributed by atoms with Gasteiger partial charge in [0.1, 0.15) is 0 Å². The van der Waals surface area contributed by atoms with Crippen molar-refractivity contribution in [2.75, 3.05) is 5.32 Å². The molecule has 0 fully saturated rings. The van der Waals surface area contributed by atoms with Crippen LogP contribution in [0.2, 0.25) is 0 Å². The highest BCUT2D eigenvalue weighted by Gasteiger charge is 2.12. The van der Waals surface area contributed by atoms with Crippen LogP contribution in [0.3, 0.4) is 0 Å². The molecule has 1 heterocycles. The summed E-state index contributed by atoms with van der Waals surface area (Å²) >= 11 is 1.65. The van der Waals surface area contributed by atoms with Crippen molar-refractivity contribution in [2.45, 2.75) is 17.8 Å². The minimum absolute atomic E-state index is 0.0933. The molecule has 3 rings (SSSR count). The molecule has 2 aromatic carbocycles. The highest BCUT2D eigenvalue weighted by atomic mass is 32.2. The Morgan fingerprint density at radius 3 is 2.67 bits per heavy atom. The van der Waals surface area contributed by atoms with E-state index in [9.17, 15) is 4.79 Å². The van der Waals surface area contributed by atoms with E-state index >= 15 is 0 Å². The molecule has 5 nitrogen and oxygen atoms in total. The predicted octanol–water partition coefficient (Wildman–Crippen LogP) is 3.73. The second kappa shape index (κ2) is 7.31. The van der Waals surface area contributed by atoms with E-state index in [0.717, 1.165) is 28.0 Å². The van der Waals surface area contributed by atoms with Crippen LogP contribution in [0.15, 0.2) is 59.8 Å². The third-order valence-electron chi connectivity index (χ3n) is 3.49. The van der Waals surface area contributed by atoms with E-state index in [0.29, 0.717) is 0 Å². The molecule has 24 heavy (non-hydrogen) atoms. The largest absolute Gasteiger partial charge is 0.326 e. The summed E-state index contributed by atoms with van der Waals surface area (Å²) in [6.45, 7) is 1.49. The normalized spacial score (nSPS) is 10.6. The van der Waals surface area contributed by atoms with Crippen LogP contribution < -0.4 is 5.32 Å². The van der Waals surface area contributed by atoms with Crippen LogP contribution in [-0.2, 0) is 17.6 Å². The molecule has 6 heteroatoms. The van der Waals surface area contributed by atoms with Crippen molar-refractivity contribution in [1.82, 2.24) is 14.8 Å². The highest BCUT2D eigenvalue weighted by Crippen LogP contribution is 2.26. The van der Waals surface area contributed by atoms with Gasteiger partial charge in [-0.25, -0.2) is 0 Å². The molecule has 1 aromatic heterocycles. The van der Waals surface area contributed by atoms with Crippen LogP contribution in [0, 0.1) is 0 Å². The number of carbonyl (C=O) groups excluding carboxylic acids is 1. The van der Waals surface area contributed by atoms with Gasteiger partial charge in [0.25, 0.3) is 0 Å². The van der Waals surface area contributed by atoms with E-state index in [1.165, 1.54) is 12.5 Å². The van der Waals surface area contributed by atoms with Crippen molar-refractivity contribution in [2.24, 2.45) is 7.05 Å². The number of aromatic nitrogens is 3. The lowest BCUT2D eigenvalue weighted by Crippen LogP contribution is -2.05. The summed E-state index contributed by atoms with van der Waals surface area (Å²) < 4.78 is 1.97. The van der Waals surface area contributed by atoms with Crippen LogP contribution in [-0.4, -0.2) is 20.7 Å². The number of amides is 1. The zero-order chi connectivity index (χ0) is 16.9. The molecule has 3 aromatic rings. The lowest BCUT2D eigenvalue weighted by Gasteiger charge is -2.06. The van der Waals surface area contributed by atoms with Crippen LogP contribution in [0.5, 0.6) is 0 Å². The summed E-state index contributed by atoms with van der Waals surface area (Å²) in [5.74, 6) is 1.53. The summed E-state index contributed by atoms with van der Waals surface area (Å²) in [5, 5.41) is 12.2. The Balaban J connectivity index is 1.78. The number of hydrogen-bond donors (Lipinski definition) is 1. The lowest BCUT2D eigenvalue weighted by molar-refractivity contribution is -0.114. The third-order valence-corrected chi connectivity index (χ3v) is 4.58. The van der Waals surface area contributed by atoms with Gasteiger partial charge in [-0.05, 0) is 17.7 Å². The van der Waals surface area contributed by atoms with Crippen molar-refractivity contribution in [1.29, 1.82) is 0 Å². The highest BCUT2D eigenvalue weighted by molar-refractivity contribution is 7.98. The van der Waals surface area contributed by atoms with Gasteiger partial charge in [0.2, 0.25) is 5.91 Å². The van der Waals surface area contributed by atoms with Crippen molar-refractivity contribution >= 4 is 23.4 Å². The number of carbonyl (C=O) groups is 1. The van der Waals surface area contributed by atoms with E-state index in [1.807, 2.05) is 54.1 Å². The maximum Gasteiger partial charge on any atom is 0.221 e. The van der Waals surface area contributed by atoms with Crippen LogP contribution in [0.4, 0.5) is 5.69 Å². The summed E-state index contributed by atoms with van der Waals surface area (Å²) in [6.07, 6.45) is 0. The van der Waals surface area contributed by atoms with Crippen LogP contribution >= 0.6 is 11.8 Å². The van der Waals surface area contributed by atoms with Crippen molar-refractivity contribution in [3.8, 4) is 11.4 Å². The van der Waals surface area contributed by atoms with Gasteiger partial charge in [-0.3, -0.25) is 4.79 Å². The van der Waals surface area contributed by atoms with E-state index in [1.54, 1.807) is 11.8 Å². The Bertz CT molecular complexity index is 845. The topological polar surface area (TPSA) is 59.8 Å². The Kier molecular flexibility index (Phi) is 4.96. The number of nitrogens with zero attached hydrogens (tertiary/aromatic N) is 3. The monoisotopic (exact) mass is 338 g/mol. The fraction of sp³-hybridized carbons (Fsp3) is 0.167. The second-order valence-corrected chi connectivity index (χ2v) is 6.34. The standard InChI is InChI=1S/C18H18N4OS/c1-13(23)19-16-10-6-9-15(11-16)17-20-21-18(22(17)2)24-12-14-7-4-3-5-8-14/h3-11H,12H2,1-2H3,(H,19,23). The van der Waals surface area contributed by atoms with Crippen molar-refractivity contribution < 1.29 is 4.79 Å². The molecule has 122 valence electrons. The van der Waals surface area contributed by atoms with Gasteiger partial charge in [-0.15, -0.1) is 10.2 Å². The fourth-order valence-corrected chi connectivity index (χ4v) is 3.22. The molecule has 0 atom stereocenters. The van der Waals surface area contributed by atoms with E-state index in [4.69, 9.17) is 0 Å². The van der Waals surface area contributed by atoms with Crippen molar-refractivity contribution in [3.63, 3.8) is 0 Å². The van der Waals surface area contributed by atoms with Gasteiger partial charge in [-0.2, -0.15) is 0 Å². The minimum Gasteiger partial charge on any atom is -0.326 e. The molecule has 0 aliphatic carbocycles. The molecule has 0 unspecified atom stereocenters. The predicted molar refractivity (Wildman–Crippen MR) is 96.7 cm³/mol. The van der Waals surface area contributed by atoms with Crippen molar-refractivity contribution in [3.05, 3.63) is 60.2 Å². The fourth-order valence-electron chi connectivity index (χ4n) is 2.35. The molecule has 1 amide bonds. The molecule has 0 radical (unpaired) electrons. The van der Waals surface area contributed by atoms with Crippen LogP contribution in [0.1, 0.15) is 12.5 Å². The molecular formula is C18H18N4OS. The number of hydrogen-bond acceptors (Lipinski definition) is 4. The molecular weight excluding hydrogens is 320 g/mol. The SMILES string of the molecule is CC(=O)Nc1cccc(-c2nnc(SCc3ccccc3)n2C)c1. The van der Waals surface area contributed by atoms with E-state index in [-0.39, 0.29) is 5.91 Å². The van der Waals surface area contributed by atoms with Gasteiger partial charge in [0.05, 0.1) is 0 Å². The first-order chi connectivity index (χ1) is 11.6. The summed E-state index contributed by atoms with van der Waals surface area (Å²) in [4.78, 5) is 11.2. The molecule has 0 saturated carbocycles. The average molecular weight is 338 g/mol.